The molecule has 4 nitrogen and oxygen atoms in total. The van der Waals surface area contributed by atoms with Crippen molar-refractivity contribution in [2.24, 2.45) is 11.7 Å². The maximum atomic E-state index is 12.0. The molecule has 1 amide bonds. The van der Waals surface area contributed by atoms with E-state index in [2.05, 4.69) is 0 Å². The molecule has 0 aromatic carbocycles. The van der Waals surface area contributed by atoms with Gasteiger partial charge in [0.1, 0.15) is 0 Å². The maximum Gasteiger partial charge on any atom is 0.223 e. The Balaban J connectivity index is 2.31. The Labute approximate surface area is 104 Å². The third-order valence-corrected chi connectivity index (χ3v) is 3.84. The van der Waals surface area contributed by atoms with Gasteiger partial charge < -0.3 is 15.4 Å². The molecule has 4 heteroatoms. The summed E-state index contributed by atoms with van der Waals surface area (Å²) in [6.07, 6.45) is 3.06. The van der Waals surface area contributed by atoms with Crippen molar-refractivity contribution in [3.05, 3.63) is 0 Å². The van der Waals surface area contributed by atoms with Crippen LogP contribution < -0.4 is 5.73 Å². The van der Waals surface area contributed by atoms with Crippen molar-refractivity contribution < 1.29 is 9.53 Å². The van der Waals surface area contributed by atoms with E-state index in [0.717, 1.165) is 19.4 Å². The van der Waals surface area contributed by atoms with Crippen molar-refractivity contribution in [3.8, 4) is 0 Å². The molecule has 1 fully saturated rings. The first-order valence-corrected chi connectivity index (χ1v) is 6.49. The number of rotatable bonds is 6. The van der Waals surface area contributed by atoms with Crippen molar-refractivity contribution in [1.29, 1.82) is 0 Å². The predicted molar refractivity (Wildman–Crippen MR) is 68.7 cm³/mol. The summed E-state index contributed by atoms with van der Waals surface area (Å²) in [5, 5.41) is 0. The molecule has 0 aliphatic heterocycles. The predicted octanol–water partition coefficient (Wildman–Crippen LogP) is 1.39. The van der Waals surface area contributed by atoms with Gasteiger partial charge in [-0.3, -0.25) is 4.79 Å². The Hall–Kier alpha value is -0.610. The monoisotopic (exact) mass is 242 g/mol. The lowest BCUT2D eigenvalue weighted by Crippen LogP contribution is -2.51. The largest absolute Gasteiger partial charge is 0.378 e. The van der Waals surface area contributed by atoms with Gasteiger partial charge in [-0.15, -0.1) is 0 Å². The topological polar surface area (TPSA) is 55.6 Å². The number of ether oxygens (including phenoxy) is 1. The SMILES string of the molecule is CCOC1CC(CC(=O)N(C)C(C)(C)CN)C1. The molecule has 0 unspecified atom stereocenters. The summed E-state index contributed by atoms with van der Waals surface area (Å²) in [5.41, 5.74) is 5.42. The summed E-state index contributed by atoms with van der Waals surface area (Å²) in [7, 11) is 1.84. The highest BCUT2D eigenvalue weighted by Crippen LogP contribution is 2.33. The molecule has 0 bridgehead atoms. The normalized spacial score (nSPS) is 24.3. The quantitative estimate of drug-likeness (QED) is 0.765. The van der Waals surface area contributed by atoms with E-state index in [4.69, 9.17) is 10.5 Å². The van der Waals surface area contributed by atoms with Crippen LogP contribution in [0.2, 0.25) is 0 Å². The van der Waals surface area contributed by atoms with Gasteiger partial charge in [0.25, 0.3) is 0 Å². The van der Waals surface area contributed by atoms with E-state index < -0.39 is 0 Å². The first-order valence-electron chi connectivity index (χ1n) is 6.49. The standard InChI is InChI=1S/C13H26N2O2/c1-5-17-11-6-10(7-11)8-12(16)15(4)13(2,3)9-14/h10-11H,5-9,14H2,1-4H3. The van der Waals surface area contributed by atoms with Gasteiger partial charge in [0, 0.05) is 32.2 Å². The number of nitrogens with two attached hydrogens (primary N) is 1. The van der Waals surface area contributed by atoms with Crippen LogP contribution in [-0.4, -0.2) is 42.6 Å². The van der Waals surface area contributed by atoms with Crippen molar-refractivity contribution in [2.45, 2.75) is 51.7 Å². The van der Waals surface area contributed by atoms with E-state index in [1.165, 1.54) is 0 Å². The molecule has 0 atom stereocenters. The third-order valence-electron chi connectivity index (χ3n) is 3.84. The van der Waals surface area contributed by atoms with Crippen molar-refractivity contribution in [3.63, 3.8) is 0 Å². The van der Waals surface area contributed by atoms with Crippen molar-refractivity contribution >= 4 is 5.91 Å². The zero-order chi connectivity index (χ0) is 13.1. The molecule has 1 saturated carbocycles. The lowest BCUT2D eigenvalue weighted by atomic mass is 9.79. The van der Waals surface area contributed by atoms with Gasteiger partial charge in [0.15, 0.2) is 0 Å². The van der Waals surface area contributed by atoms with Crippen LogP contribution in [0.15, 0.2) is 0 Å². The zero-order valence-corrected chi connectivity index (χ0v) is 11.5. The number of nitrogens with zero attached hydrogens (tertiary/aromatic N) is 1. The molecule has 2 N–H and O–H groups in total. The second-order valence-electron chi connectivity index (χ2n) is 5.59. The molecule has 0 saturated heterocycles. The van der Waals surface area contributed by atoms with Crippen molar-refractivity contribution in [2.75, 3.05) is 20.2 Å². The maximum absolute atomic E-state index is 12.0. The highest BCUT2D eigenvalue weighted by molar-refractivity contribution is 5.77. The molecular weight excluding hydrogens is 216 g/mol. The van der Waals surface area contributed by atoms with E-state index in [9.17, 15) is 4.79 Å². The Bertz CT molecular complexity index is 260. The Morgan fingerprint density at radius 3 is 2.53 bits per heavy atom. The van der Waals surface area contributed by atoms with Gasteiger partial charge in [0.05, 0.1) is 6.10 Å². The van der Waals surface area contributed by atoms with Crippen LogP contribution in [0.5, 0.6) is 0 Å². The minimum absolute atomic E-state index is 0.195. The lowest BCUT2D eigenvalue weighted by Gasteiger charge is -2.39. The molecule has 0 aromatic rings. The van der Waals surface area contributed by atoms with E-state index in [1.54, 1.807) is 4.90 Å². The number of likely N-dealkylation sites (N-methyl/N-ethyl adjacent to an activating group) is 1. The van der Waals surface area contributed by atoms with E-state index in [-0.39, 0.29) is 11.4 Å². The molecule has 0 radical (unpaired) electrons. The molecule has 1 aliphatic carbocycles. The fourth-order valence-electron chi connectivity index (χ4n) is 2.07. The van der Waals surface area contributed by atoms with Crippen LogP contribution in [0.25, 0.3) is 0 Å². The summed E-state index contributed by atoms with van der Waals surface area (Å²) in [6, 6.07) is 0. The average Bonchev–Trinajstić information content (AvgIpc) is 2.25. The number of hydrogen-bond donors (Lipinski definition) is 1. The molecule has 0 aromatic heterocycles. The smallest absolute Gasteiger partial charge is 0.223 e. The second kappa shape index (κ2) is 5.83. The Kier molecular flexibility index (Phi) is 4.95. The van der Waals surface area contributed by atoms with Crippen LogP contribution in [0, 0.1) is 5.92 Å². The highest BCUT2D eigenvalue weighted by Gasteiger charge is 2.34. The lowest BCUT2D eigenvalue weighted by molar-refractivity contribution is -0.137. The van der Waals surface area contributed by atoms with Gasteiger partial charge in [-0.25, -0.2) is 0 Å². The fourth-order valence-corrected chi connectivity index (χ4v) is 2.07. The fraction of sp³-hybridized carbons (Fsp3) is 0.923. The van der Waals surface area contributed by atoms with E-state index in [0.29, 0.717) is 25.0 Å². The Morgan fingerprint density at radius 1 is 1.47 bits per heavy atom. The second-order valence-corrected chi connectivity index (χ2v) is 5.59. The Morgan fingerprint density at radius 2 is 2.06 bits per heavy atom. The summed E-state index contributed by atoms with van der Waals surface area (Å²) >= 11 is 0. The average molecular weight is 242 g/mol. The summed E-state index contributed by atoms with van der Waals surface area (Å²) < 4.78 is 5.49. The van der Waals surface area contributed by atoms with Crippen LogP contribution in [0.1, 0.15) is 40.0 Å². The van der Waals surface area contributed by atoms with E-state index in [1.807, 2.05) is 27.8 Å². The minimum atomic E-state index is -0.250. The van der Waals surface area contributed by atoms with Gasteiger partial charge >= 0.3 is 0 Å². The molecule has 100 valence electrons. The van der Waals surface area contributed by atoms with E-state index >= 15 is 0 Å². The minimum Gasteiger partial charge on any atom is -0.378 e. The number of carbonyl (C=O) groups is 1. The molecule has 0 spiro atoms. The van der Waals surface area contributed by atoms with Gasteiger partial charge in [-0.1, -0.05) is 0 Å². The van der Waals surface area contributed by atoms with Gasteiger partial charge in [-0.2, -0.15) is 0 Å². The molecule has 17 heavy (non-hydrogen) atoms. The summed E-state index contributed by atoms with van der Waals surface area (Å²) in [4.78, 5) is 13.8. The number of hydrogen-bond acceptors (Lipinski definition) is 3. The van der Waals surface area contributed by atoms with Crippen LogP contribution >= 0.6 is 0 Å². The number of amides is 1. The van der Waals surface area contributed by atoms with Gasteiger partial charge in [0.2, 0.25) is 5.91 Å². The molecule has 1 aliphatic rings. The molecule has 1 rings (SSSR count). The highest BCUT2D eigenvalue weighted by atomic mass is 16.5. The summed E-state index contributed by atoms with van der Waals surface area (Å²) in [6.45, 7) is 7.26. The molecule has 0 heterocycles. The van der Waals surface area contributed by atoms with Crippen LogP contribution in [0.4, 0.5) is 0 Å². The van der Waals surface area contributed by atoms with Crippen LogP contribution in [-0.2, 0) is 9.53 Å². The summed E-state index contributed by atoms with van der Waals surface area (Å²) in [5.74, 6) is 0.690. The third kappa shape index (κ3) is 3.68. The van der Waals surface area contributed by atoms with Crippen molar-refractivity contribution in [1.82, 2.24) is 4.90 Å². The van der Waals surface area contributed by atoms with Gasteiger partial charge in [-0.05, 0) is 39.5 Å². The first kappa shape index (κ1) is 14.5. The first-order chi connectivity index (χ1) is 7.90. The zero-order valence-electron chi connectivity index (χ0n) is 11.5. The molecular formula is C13H26N2O2. The number of carbonyl (C=O) groups excluding carboxylic acids is 1. The van der Waals surface area contributed by atoms with Crippen LogP contribution in [0.3, 0.4) is 0 Å².